The van der Waals surface area contributed by atoms with Crippen LogP contribution < -0.4 is 21.5 Å². The Hall–Kier alpha value is -3.36. The van der Waals surface area contributed by atoms with Crippen LogP contribution >= 0.6 is 23.2 Å². The molecule has 2 aromatic carbocycles. The lowest BCUT2D eigenvalue weighted by atomic mass is 9.92. The van der Waals surface area contributed by atoms with Gasteiger partial charge in [-0.3, -0.25) is 19.4 Å². The molecule has 0 spiro atoms. The molecule has 2 amide bonds. The number of H-pyrrole nitrogens is 1. The smallest absolute Gasteiger partial charge is 0.258 e. The highest BCUT2D eigenvalue weighted by Gasteiger charge is 2.34. The summed E-state index contributed by atoms with van der Waals surface area (Å²) in [5, 5.41) is 9.04. The minimum absolute atomic E-state index is 0.0297. The van der Waals surface area contributed by atoms with Gasteiger partial charge in [-0.05, 0) is 42.3 Å². The SMILES string of the molecule is CCc1ccc(NC(=O)[C@H]2CC(=O)Nc3nc(Nc4cc(Cl)cc(Cl)c4)[nH]c(=O)c32)cc1. The van der Waals surface area contributed by atoms with Gasteiger partial charge in [-0.2, -0.15) is 4.98 Å². The molecular weight excluding hydrogens is 453 g/mol. The van der Waals surface area contributed by atoms with E-state index >= 15 is 0 Å². The number of carbonyl (C=O) groups is 2. The summed E-state index contributed by atoms with van der Waals surface area (Å²) < 4.78 is 0. The van der Waals surface area contributed by atoms with Crippen LogP contribution in [0.2, 0.25) is 10.0 Å². The van der Waals surface area contributed by atoms with Crippen LogP contribution in [0, 0.1) is 0 Å². The molecule has 32 heavy (non-hydrogen) atoms. The van der Waals surface area contributed by atoms with E-state index in [0.29, 0.717) is 21.4 Å². The Balaban J connectivity index is 1.62. The monoisotopic (exact) mass is 471 g/mol. The van der Waals surface area contributed by atoms with Crippen molar-refractivity contribution in [1.29, 1.82) is 0 Å². The van der Waals surface area contributed by atoms with E-state index in [1.54, 1.807) is 30.3 Å². The summed E-state index contributed by atoms with van der Waals surface area (Å²) >= 11 is 12.0. The fraction of sp³-hybridized carbons (Fsp3) is 0.182. The van der Waals surface area contributed by atoms with Crippen molar-refractivity contribution < 1.29 is 9.59 Å². The third-order valence-corrected chi connectivity index (χ3v) is 5.46. The minimum atomic E-state index is -0.976. The molecule has 8 nitrogen and oxygen atoms in total. The molecular formula is C22H19Cl2N5O3. The second-order valence-corrected chi connectivity index (χ2v) is 8.18. The Bertz CT molecular complexity index is 1240. The fourth-order valence-corrected chi connectivity index (χ4v) is 4.00. The molecule has 0 radical (unpaired) electrons. The van der Waals surface area contributed by atoms with Crippen molar-refractivity contribution in [3.8, 4) is 0 Å². The van der Waals surface area contributed by atoms with Crippen molar-refractivity contribution in [2.24, 2.45) is 0 Å². The Morgan fingerprint density at radius 2 is 1.78 bits per heavy atom. The number of carbonyl (C=O) groups excluding carboxylic acids is 2. The standard InChI is InChI=1S/C22H19Cl2N5O3/c1-2-11-3-5-14(6-4-11)25-20(31)16-10-17(30)27-19-18(16)21(32)29-22(28-19)26-15-8-12(23)7-13(24)9-15/h3-9,16H,2,10H2,1H3,(H,25,31)(H3,26,27,28,29,30,32)/t16-/m0/s1. The zero-order valence-electron chi connectivity index (χ0n) is 17.0. The van der Waals surface area contributed by atoms with Gasteiger partial charge in [0.1, 0.15) is 5.82 Å². The molecule has 0 aliphatic carbocycles. The number of hydrogen-bond donors (Lipinski definition) is 4. The molecule has 0 bridgehead atoms. The lowest BCUT2D eigenvalue weighted by Crippen LogP contribution is -2.36. The first kappa shape index (κ1) is 21.9. The van der Waals surface area contributed by atoms with Crippen LogP contribution in [0.3, 0.4) is 0 Å². The van der Waals surface area contributed by atoms with Gasteiger partial charge in [0, 0.05) is 27.8 Å². The van der Waals surface area contributed by atoms with E-state index in [1.807, 2.05) is 19.1 Å². The fourth-order valence-electron chi connectivity index (χ4n) is 3.47. The Morgan fingerprint density at radius 1 is 1.09 bits per heavy atom. The Morgan fingerprint density at radius 3 is 2.44 bits per heavy atom. The first-order valence-electron chi connectivity index (χ1n) is 9.89. The van der Waals surface area contributed by atoms with Crippen LogP contribution in [0.4, 0.5) is 23.1 Å². The van der Waals surface area contributed by atoms with Crippen molar-refractivity contribution >= 4 is 58.2 Å². The van der Waals surface area contributed by atoms with Gasteiger partial charge in [0.2, 0.25) is 17.8 Å². The van der Waals surface area contributed by atoms with Crippen molar-refractivity contribution in [3.63, 3.8) is 0 Å². The molecule has 0 unspecified atom stereocenters. The number of nitrogens with zero attached hydrogens (tertiary/aromatic N) is 1. The van der Waals surface area contributed by atoms with Gasteiger partial charge in [0.25, 0.3) is 5.56 Å². The summed E-state index contributed by atoms with van der Waals surface area (Å²) in [7, 11) is 0. The van der Waals surface area contributed by atoms with Gasteiger partial charge in [-0.15, -0.1) is 0 Å². The van der Waals surface area contributed by atoms with E-state index in [9.17, 15) is 14.4 Å². The van der Waals surface area contributed by atoms with Gasteiger partial charge in [0.05, 0.1) is 11.5 Å². The van der Waals surface area contributed by atoms with Crippen LogP contribution in [0.25, 0.3) is 0 Å². The number of halogens is 2. The van der Waals surface area contributed by atoms with Gasteiger partial charge in [0.15, 0.2) is 0 Å². The number of aromatic nitrogens is 2. The van der Waals surface area contributed by atoms with Crippen LogP contribution in [0.15, 0.2) is 47.3 Å². The average molecular weight is 472 g/mol. The van der Waals surface area contributed by atoms with E-state index in [1.165, 1.54) is 0 Å². The highest BCUT2D eigenvalue weighted by atomic mass is 35.5. The molecule has 1 aromatic heterocycles. The molecule has 1 aliphatic heterocycles. The molecule has 4 N–H and O–H groups in total. The number of rotatable bonds is 5. The Kier molecular flexibility index (Phi) is 6.16. The number of anilines is 4. The third-order valence-electron chi connectivity index (χ3n) is 5.02. The molecule has 164 valence electrons. The maximum atomic E-state index is 12.9. The number of benzene rings is 2. The molecule has 0 saturated heterocycles. The minimum Gasteiger partial charge on any atom is -0.326 e. The summed E-state index contributed by atoms with van der Waals surface area (Å²) in [5.74, 6) is -1.74. The lowest BCUT2D eigenvalue weighted by Gasteiger charge is -2.23. The maximum Gasteiger partial charge on any atom is 0.258 e. The second-order valence-electron chi connectivity index (χ2n) is 7.30. The number of aryl methyl sites for hydroxylation is 1. The molecule has 1 atom stereocenters. The predicted octanol–water partition coefficient (Wildman–Crippen LogP) is 4.45. The zero-order valence-corrected chi connectivity index (χ0v) is 18.5. The first-order chi connectivity index (χ1) is 15.3. The average Bonchev–Trinajstić information content (AvgIpc) is 2.72. The predicted molar refractivity (Wildman–Crippen MR) is 125 cm³/mol. The molecule has 3 aromatic rings. The quantitative estimate of drug-likeness (QED) is 0.438. The van der Waals surface area contributed by atoms with E-state index in [-0.39, 0.29) is 23.8 Å². The summed E-state index contributed by atoms with van der Waals surface area (Å²) in [6, 6.07) is 12.2. The lowest BCUT2D eigenvalue weighted by molar-refractivity contribution is -0.123. The van der Waals surface area contributed by atoms with Crippen molar-refractivity contribution in [1.82, 2.24) is 9.97 Å². The first-order valence-corrected chi connectivity index (χ1v) is 10.6. The number of nitrogens with one attached hydrogen (secondary N) is 4. The molecule has 4 rings (SSSR count). The van der Waals surface area contributed by atoms with Gasteiger partial charge < -0.3 is 16.0 Å². The number of aromatic amines is 1. The topological polar surface area (TPSA) is 116 Å². The second kappa shape index (κ2) is 9.02. The normalized spacial score (nSPS) is 15.0. The van der Waals surface area contributed by atoms with Crippen LogP contribution in [0.5, 0.6) is 0 Å². The van der Waals surface area contributed by atoms with E-state index in [4.69, 9.17) is 23.2 Å². The summed E-state index contributed by atoms with van der Waals surface area (Å²) in [4.78, 5) is 44.9. The molecule has 10 heteroatoms. The van der Waals surface area contributed by atoms with E-state index in [2.05, 4.69) is 25.9 Å². The number of hydrogen-bond acceptors (Lipinski definition) is 5. The van der Waals surface area contributed by atoms with Crippen molar-refractivity contribution in [3.05, 3.63) is 74.0 Å². The molecule has 0 fully saturated rings. The number of amides is 2. The largest absolute Gasteiger partial charge is 0.326 e. The van der Waals surface area contributed by atoms with Crippen LogP contribution in [0.1, 0.15) is 30.4 Å². The Labute approximate surface area is 193 Å². The highest BCUT2D eigenvalue weighted by molar-refractivity contribution is 6.35. The third kappa shape index (κ3) is 4.76. The van der Waals surface area contributed by atoms with Crippen molar-refractivity contribution in [2.75, 3.05) is 16.0 Å². The van der Waals surface area contributed by atoms with E-state index < -0.39 is 23.3 Å². The van der Waals surface area contributed by atoms with E-state index in [0.717, 1.165) is 12.0 Å². The van der Waals surface area contributed by atoms with Gasteiger partial charge in [-0.1, -0.05) is 42.3 Å². The van der Waals surface area contributed by atoms with Crippen molar-refractivity contribution in [2.45, 2.75) is 25.7 Å². The zero-order chi connectivity index (χ0) is 22.8. The summed E-state index contributed by atoms with van der Waals surface area (Å²) in [5.41, 5.74) is 1.78. The molecule has 0 saturated carbocycles. The summed E-state index contributed by atoms with van der Waals surface area (Å²) in [6.07, 6.45) is 0.719. The summed E-state index contributed by atoms with van der Waals surface area (Å²) in [6.45, 7) is 2.04. The van der Waals surface area contributed by atoms with Gasteiger partial charge >= 0.3 is 0 Å². The van der Waals surface area contributed by atoms with Gasteiger partial charge in [-0.25, -0.2) is 0 Å². The molecule has 1 aliphatic rings. The highest BCUT2D eigenvalue weighted by Crippen LogP contribution is 2.31. The maximum absolute atomic E-state index is 12.9. The van der Waals surface area contributed by atoms with Crippen LogP contribution in [-0.4, -0.2) is 21.8 Å². The molecule has 2 heterocycles. The van der Waals surface area contributed by atoms with Crippen LogP contribution in [-0.2, 0) is 16.0 Å². The number of fused-ring (bicyclic) bond motifs is 1.